The summed E-state index contributed by atoms with van der Waals surface area (Å²) >= 11 is 1.53. The van der Waals surface area contributed by atoms with Crippen LogP contribution in [0.2, 0.25) is 0 Å². The van der Waals surface area contributed by atoms with E-state index >= 15 is 0 Å². The number of halogens is 1. The van der Waals surface area contributed by atoms with Gasteiger partial charge in [0.2, 0.25) is 0 Å². The first kappa shape index (κ1) is 8.38. The van der Waals surface area contributed by atoms with Crippen molar-refractivity contribution in [2.24, 2.45) is 0 Å². The molecule has 14 heavy (non-hydrogen) atoms. The zero-order chi connectivity index (χ0) is 9.71. The molecule has 2 aromatic heterocycles. The fraction of sp³-hybridized carbons (Fsp3) is 0.444. The lowest BCUT2D eigenvalue weighted by Crippen LogP contribution is -1.94. The van der Waals surface area contributed by atoms with E-state index in [1.807, 2.05) is 4.40 Å². The lowest BCUT2D eigenvalue weighted by Gasteiger charge is -1.97. The van der Waals surface area contributed by atoms with Crippen LogP contribution < -0.4 is 0 Å². The Morgan fingerprint density at radius 1 is 1.71 bits per heavy atom. The average Bonchev–Trinajstić information content (AvgIpc) is 2.64. The van der Waals surface area contributed by atoms with Crippen molar-refractivity contribution in [2.75, 3.05) is 0 Å². The maximum absolute atomic E-state index is 12.9. The Bertz CT molecular complexity index is 478. The van der Waals surface area contributed by atoms with Crippen LogP contribution in [0.25, 0.3) is 4.83 Å². The lowest BCUT2D eigenvalue weighted by atomic mass is 10.3. The minimum absolute atomic E-state index is 0.0158. The first-order valence-corrected chi connectivity index (χ1v) is 5.31. The summed E-state index contributed by atoms with van der Waals surface area (Å²) in [7, 11) is 0. The van der Waals surface area contributed by atoms with Crippen LogP contribution in [-0.2, 0) is 6.61 Å². The van der Waals surface area contributed by atoms with Crippen LogP contribution in [0.4, 0.5) is 4.39 Å². The summed E-state index contributed by atoms with van der Waals surface area (Å²) < 4.78 is 14.8. The summed E-state index contributed by atoms with van der Waals surface area (Å²) in [6.45, 7) is -0.0467. The Hall–Kier alpha value is -0.940. The van der Waals surface area contributed by atoms with E-state index in [0.717, 1.165) is 15.4 Å². The first-order valence-electron chi connectivity index (χ1n) is 4.50. The van der Waals surface area contributed by atoms with Gasteiger partial charge in [-0.25, -0.2) is 9.37 Å². The molecule has 0 amide bonds. The van der Waals surface area contributed by atoms with Crippen LogP contribution in [0, 0.1) is 0 Å². The zero-order valence-electron chi connectivity index (χ0n) is 7.35. The quantitative estimate of drug-likeness (QED) is 0.823. The topological polar surface area (TPSA) is 37.5 Å². The van der Waals surface area contributed by atoms with Crippen LogP contribution in [0.3, 0.4) is 0 Å². The van der Waals surface area contributed by atoms with Gasteiger partial charge in [-0.1, -0.05) is 0 Å². The number of imidazole rings is 1. The number of thiazole rings is 1. The summed E-state index contributed by atoms with van der Waals surface area (Å²) in [4.78, 5) is 5.94. The van der Waals surface area contributed by atoms with E-state index in [0.29, 0.717) is 6.42 Å². The zero-order valence-corrected chi connectivity index (χ0v) is 8.17. The van der Waals surface area contributed by atoms with Crippen molar-refractivity contribution in [3.8, 4) is 0 Å². The van der Waals surface area contributed by atoms with E-state index < -0.39 is 6.17 Å². The molecule has 3 rings (SSSR count). The van der Waals surface area contributed by atoms with Gasteiger partial charge >= 0.3 is 0 Å². The second kappa shape index (κ2) is 2.77. The Morgan fingerprint density at radius 2 is 2.50 bits per heavy atom. The summed E-state index contributed by atoms with van der Waals surface area (Å²) in [5, 5.41) is 9.22. The predicted molar refractivity (Wildman–Crippen MR) is 51.2 cm³/mol. The maximum atomic E-state index is 12.9. The Balaban J connectivity index is 2.17. The fourth-order valence-electron chi connectivity index (χ4n) is 1.73. The highest BCUT2D eigenvalue weighted by Gasteiger charge is 2.41. The van der Waals surface area contributed by atoms with Gasteiger partial charge in [0.15, 0.2) is 0 Å². The molecule has 1 fully saturated rings. The molecule has 3 nitrogen and oxygen atoms in total. The number of aliphatic hydroxyl groups is 1. The summed E-state index contributed by atoms with van der Waals surface area (Å²) in [6.07, 6.45) is 3.29. The number of nitrogens with zero attached hydrogens (tertiary/aromatic N) is 2. The van der Waals surface area contributed by atoms with Gasteiger partial charge in [0.1, 0.15) is 17.3 Å². The highest BCUT2D eigenvalue weighted by atomic mass is 32.1. The molecule has 0 saturated heterocycles. The second-order valence-corrected chi connectivity index (χ2v) is 4.59. The van der Waals surface area contributed by atoms with E-state index in [1.165, 1.54) is 11.3 Å². The third-order valence-electron chi connectivity index (χ3n) is 2.59. The van der Waals surface area contributed by atoms with Gasteiger partial charge in [-0.15, -0.1) is 11.3 Å². The van der Waals surface area contributed by atoms with Gasteiger partial charge in [-0.3, -0.25) is 4.40 Å². The number of aliphatic hydroxyl groups excluding tert-OH is 1. The highest BCUT2D eigenvalue weighted by molar-refractivity contribution is 7.17. The molecule has 2 heterocycles. The van der Waals surface area contributed by atoms with Crippen molar-refractivity contribution in [3.05, 3.63) is 23.1 Å². The number of aromatic nitrogens is 2. The molecule has 0 aromatic carbocycles. The molecule has 0 aliphatic heterocycles. The normalized spacial score (nSPS) is 25.9. The van der Waals surface area contributed by atoms with Crippen molar-refractivity contribution in [3.63, 3.8) is 0 Å². The van der Waals surface area contributed by atoms with Crippen molar-refractivity contribution in [1.29, 1.82) is 0 Å². The molecule has 2 atom stereocenters. The number of alkyl halides is 1. The van der Waals surface area contributed by atoms with Gasteiger partial charge in [-0.05, 0) is 6.42 Å². The molecule has 0 radical (unpaired) electrons. The smallest absolute Gasteiger partial charge is 0.120 e. The number of hydrogen-bond donors (Lipinski definition) is 1. The molecule has 1 N–H and O–H groups in total. The monoisotopic (exact) mass is 212 g/mol. The van der Waals surface area contributed by atoms with Crippen LogP contribution >= 0.6 is 11.3 Å². The lowest BCUT2D eigenvalue weighted by molar-refractivity contribution is 0.274. The molecule has 2 aromatic rings. The molecule has 5 heteroatoms. The first-order chi connectivity index (χ1) is 6.81. The highest BCUT2D eigenvalue weighted by Crippen LogP contribution is 2.47. The van der Waals surface area contributed by atoms with Gasteiger partial charge in [0.05, 0.1) is 18.5 Å². The number of hydrogen-bond acceptors (Lipinski definition) is 3. The van der Waals surface area contributed by atoms with Crippen molar-refractivity contribution < 1.29 is 9.50 Å². The molecule has 1 aliphatic rings. The van der Waals surface area contributed by atoms with Crippen LogP contribution in [0.5, 0.6) is 0 Å². The summed E-state index contributed by atoms with van der Waals surface area (Å²) in [6, 6.07) is 0. The van der Waals surface area contributed by atoms with Crippen LogP contribution in [-0.4, -0.2) is 20.7 Å². The van der Waals surface area contributed by atoms with Gasteiger partial charge in [0.25, 0.3) is 0 Å². The van der Waals surface area contributed by atoms with E-state index in [2.05, 4.69) is 4.98 Å². The van der Waals surface area contributed by atoms with E-state index in [4.69, 9.17) is 0 Å². The molecule has 1 aliphatic carbocycles. The fourth-order valence-corrected chi connectivity index (χ4v) is 3.00. The summed E-state index contributed by atoms with van der Waals surface area (Å²) in [5.74, 6) is 0.0158. The predicted octanol–water partition coefficient (Wildman–Crippen LogP) is 1.71. The van der Waals surface area contributed by atoms with Crippen molar-refractivity contribution in [1.82, 2.24) is 9.38 Å². The van der Waals surface area contributed by atoms with E-state index in [9.17, 15) is 9.50 Å². The standard InChI is InChI=1S/C9H9FN2OS/c10-6-1-5(6)9-7(3-13)12-4-11-2-8(12)14-9/h2,4-6,13H,1,3H2/t5-,6-/m1/s1. The van der Waals surface area contributed by atoms with Gasteiger partial charge in [-0.2, -0.15) is 0 Å². The molecule has 0 unspecified atom stereocenters. The van der Waals surface area contributed by atoms with Crippen LogP contribution in [0.15, 0.2) is 12.5 Å². The third kappa shape index (κ3) is 1.02. The van der Waals surface area contributed by atoms with Crippen molar-refractivity contribution in [2.45, 2.75) is 25.1 Å². The average molecular weight is 212 g/mol. The largest absolute Gasteiger partial charge is 0.390 e. The third-order valence-corrected chi connectivity index (χ3v) is 3.86. The van der Waals surface area contributed by atoms with E-state index in [-0.39, 0.29) is 12.5 Å². The number of rotatable bonds is 2. The molecule has 0 bridgehead atoms. The molecular formula is C9H9FN2OS. The molecule has 0 spiro atoms. The summed E-state index contributed by atoms with van der Waals surface area (Å²) in [5.41, 5.74) is 0.799. The van der Waals surface area contributed by atoms with Gasteiger partial charge in [0, 0.05) is 10.8 Å². The minimum Gasteiger partial charge on any atom is -0.390 e. The molecular weight excluding hydrogens is 203 g/mol. The van der Waals surface area contributed by atoms with Crippen molar-refractivity contribution >= 4 is 16.2 Å². The van der Waals surface area contributed by atoms with E-state index in [1.54, 1.807) is 12.5 Å². The Labute approximate surface area is 83.8 Å². The maximum Gasteiger partial charge on any atom is 0.120 e. The minimum atomic E-state index is -0.711. The van der Waals surface area contributed by atoms with Crippen LogP contribution in [0.1, 0.15) is 22.9 Å². The Kier molecular flexibility index (Phi) is 1.66. The molecule has 1 saturated carbocycles. The molecule has 74 valence electrons. The Morgan fingerprint density at radius 3 is 3.14 bits per heavy atom. The number of fused-ring (bicyclic) bond motifs is 1. The second-order valence-electron chi connectivity index (χ2n) is 3.53. The SMILES string of the molecule is OCc1c([C@@H]2C[C@H]2F)sc2cncn12. The van der Waals surface area contributed by atoms with Gasteiger partial charge < -0.3 is 5.11 Å².